The minimum atomic E-state index is -0.854. The number of thioether (sulfide) groups is 1. The first-order valence-corrected chi connectivity index (χ1v) is 8.51. The van der Waals surface area contributed by atoms with Crippen molar-refractivity contribution in [1.82, 2.24) is 0 Å². The summed E-state index contributed by atoms with van der Waals surface area (Å²) in [5, 5.41) is 9.61. The average molecular weight is 309 g/mol. The van der Waals surface area contributed by atoms with E-state index in [-0.39, 0.29) is 6.10 Å². The number of nitrogens with zero attached hydrogens (tertiary/aromatic N) is 1. The second-order valence-corrected chi connectivity index (χ2v) is 6.37. The molecule has 1 heterocycles. The molecule has 1 aliphatic rings. The van der Waals surface area contributed by atoms with E-state index in [2.05, 4.69) is 11.8 Å². The number of rotatable bonds is 7. The second-order valence-electron chi connectivity index (χ2n) is 5.06. The van der Waals surface area contributed by atoms with Crippen LogP contribution in [0, 0.1) is 0 Å². The first-order valence-electron chi connectivity index (χ1n) is 7.53. The molecule has 1 saturated heterocycles. The maximum Gasteiger partial charge on any atom is 0.338 e. The summed E-state index contributed by atoms with van der Waals surface area (Å²) >= 11 is 1.58. The number of likely N-dealkylation sites (N-methyl/N-ethyl adjacent to an activating group) is 1. The molecule has 0 spiro atoms. The van der Waals surface area contributed by atoms with Crippen molar-refractivity contribution in [3.05, 3.63) is 23.8 Å². The van der Waals surface area contributed by atoms with Crippen molar-refractivity contribution in [3.8, 4) is 0 Å². The second kappa shape index (κ2) is 7.71. The van der Waals surface area contributed by atoms with Crippen LogP contribution < -0.4 is 4.90 Å². The zero-order valence-electron chi connectivity index (χ0n) is 12.7. The van der Waals surface area contributed by atoms with Gasteiger partial charge in [0, 0.05) is 24.6 Å². The van der Waals surface area contributed by atoms with Crippen molar-refractivity contribution < 1.29 is 14.6 Å². The molecule has 2 rings (SSSR count). The fraction of sp³-hybridized carbons (Fsp3) is 0.562. The average Bonchev–Trinajstić information content (AvgIpc) is 2.97. The number of benzene rings is 1. The Balaban J connectivity index is 2.30. The predicted molar refractivity (Wildman–Crippen MR) is 86.7 cm³/mol. The highest BCUT2D eigenvalue weighted by Crippen LogP contribution is 2.31. The van der Waals surface area contributed by atoms with E-state index in [1.165, 1.54) is 0 Å². The van der Waals surface area contributed by atoms with Gasteiger partial charge in [-0.05, 0) is 37.7 Å². The summed E-state index contributed by atoms with van der Waals surface area (Å²) in [4.78, 5) is 14.7. The Morgan fingerprint density at radius 2 is 2.29 bits per heavy atom. The summed E-state index contributed by atoms with van der Waals surface area (Å²) < 4.78 is 5.69. The monoisotopic (exact) mass is 309 g/mol. The lowest BCUT2D eigenvalue weighted by Crippen LogP contribution is -2.33. The van der Waals surface area contributed by atoms with E-state index >= 15 is 0 Å². The van der Waals surface area contributed by atoms with Crippen LogP contribution in [0.1, 0.15) is 37.0 Å². The van der Waals surface area contributed by atoms with Crippen LogP contribution in [-0.4, -0.2) is 42.6 Å². The fourth-order valence-corrected chi connectivity index (χ4v) is 3.53. The lowest BCUT2D eigenvalue weighted by Gasteiger charge is -2.28. The van der Waals surface area contributed by atoms with Gasteiger partial charge in [0.1, 0.15) is 0 Å². The summed E-state index contributed by atoms with van der Waals surface area (Å²) in [6, 6.07) is 5.74. The number of carbonyl (C=O) groups is 1. The van der Waals surface area contributed by atoms with Gasteiger partial charge in [-0.25, -0.2) is 4.79 Å². The maximum absolute atomic E-state index is 11.7. The normalized spacial score (nSPS) is 17.9. The lowest BCUT2D eigenvalue weighted by atomic mass is 10.1. The number of carboxylic acid groups (broad SMARTS) is 1. The van der Waals surface area contributed by atoms with Gasteiger partial charge in [-0.1, -0.05) is 13.0 Å². The third-order valence-corrected chi connectivity index (χ3v) is 4.63. The van der Waals surface area contributed by atoms with E-state index in [1.54, 1.807) is 11.8 Å². The summed E-state index contributed by atoms with van der Waals surface area (Å²) in [6.45, 7) is 6.45. The molecule has 1 aromatic carbocycles. The SMILES string of the molecule is CCSc1cccc(N(CC)CC2CCCO2)c1C(=O)O. The molecule has 1 N–H and O–H groups in total. The Morgan fingerprint density at radius 3 is 2.86 bits per heavy atom. The van der Waals surface area contributed by atoms with Gasteiger partial charge >= 0.3 is 5.97 Å². The molecule has 1 unspecified atom stereocenters. The largest absolute Gasteiger partial charge is 0.478 e. The molecule has 5 heteroatoms. The Labute approximate surface area is 130 Å². The van der Waals surface area contributed by atoms with Gasteiger partial charge in [0.25, 0.3) is 0 Å². The number of hydrogen-bond acceptors (Lipinski definition) is 4. The standard InChI is InChI=1S/C16H23NO3S/c1-3-17(11-12-7-6-10-20-12)13-8-5-9-14(21-4-2)15(13)16(18)19/h5,8-9,12H,3-4,6-7,10-11H2,1-2H3,(H,18,19). The highest BCUT2D eigenvalue weighted by Gasteiger charge is 2.23. The van der Waals surface area contributed by atoms with Crippen LogP contribution in [-0.2, 0) is 4.74 Å². The number of hydrogen-bond donors (Lipinski definition) is 1. The molecule has 0 aromatic heterocycles. The summed E-state index contributed by atoms with van der Waals surface area (Å²) in [6.07, 6.45) is 2.37. The van der Waals surface area contributed by atoms with Crippen molar-refractivity contribution in [3.63, 3.8) is 0 Å². The van der Waals surface area contributed by atoms with E-state index in [9.17, 15) is 9.90 Å². The summed E-state index contributed by atoms with van der Waals surface area (Å²) in [5.74, 6) is 0.00838. The lowest BCUT2D eigenvalue weighted by molar-refractivity contribution is 0.0693. The zero-order chi connectivity index (χ0) is 15.2. The molecule has 21 heavy (non-hydrogen) atoms. The van der Waals surface area contributed by atoms with Crippen LogP contribution in [0.4, 0.5) is 5.69 Å². The molecule has 4 nitrogen and oxygen atoms in total. The number of ether oxygens (including phenoxy) is 1. The molecule has 0 aliphatic carbocycles. The van der Waals surface area contributed by atoms with Gasteiger partial charge in [-0.2, -0.15) is 0 Å². The van der Waals surface area contributed by atoms with E-state index in [1.807, 2.05) is 25.1 Å². The molecular weight excluding hydrogens is 286 g/mol. The minimum absolute atomic E-state index is 0.217. The van der Waals surface area contributed by atoms with Crippen molar-refractivity contribution in [2.75, 3.05) is 30.3 Å². The van der Waals surface area contributed by atoms with Crippen molar-refractivity contribution in [1.29, 1.82) is 0 Å². The highest BCUT2D eigenvalue weighted by molar-refractivity contribution is 7.99. The van der Waals surface area contributed by atoms with E-state index in [0.717, 1.165) is 48.9 Å². The van der Waals surface area contributed by atoms with Gasteiger partial charge in [-0.3, -0.25) is 0 Å². The maximum atomic E-state index is 11.7. The van der Waals surface area contributed by atoms with Crippen LogP contribution >= 0.6 is 11.8 Å². The van der Waals surface area contributed by atoms with E-state index in [0.29, 0.717) is 5.56 Å². The van der Waals surface area contributed by atoms with Gasteiger partial charge < -0.3 is 14.7 Å². The third kappa shape index (κ3) is 3.92. The van der Waals surface area contributed by atoms with Crippen LogP contribution in [0.15, 0.2) is 23.1 Å². The van der Waals surface area contributed by atoms with Gasteiger partial charge in [0.2, 0.25) is 0 Å². The first-order chi connectivity index (χ1) is 10.2. The predicted octanol–water partition coefficient (Wildman–Crippen LogP) is 3.50. The molecule has 116 valence electrons. The number of carboxylic acids is 1. The molecule has 0 amide bonds. The Morgan fingerprint density at radius 1 is 1.48 bits per heavy atom. The number of anilines is 1. The fourth-order valence-electron chi connectivity index (χ4n) is 2.71. The highest BCUT2D eigenvalue weighted by atomic mass is 32.2. The molecule has 1 aliphatic heterocycles. The number of aromatic carboxylic acids is 1. The summed E-state index contributed by atoms with van der Waals surface area (Å²) in [5.41, 5.74) is 1.23. The molecule has 0 saturated carbocycles. The first kappa shape index (κ1) is 16.2. The van der Waals surface area contributed by atoms with Gasteiger partial charge in [-0.15, -0.1) is 11.8 Å². The summed E-state index contributed by atoms with van der Waals surface area (Å²) in [7, 11) is 0. The minimum Gasteiger partial charge on any atom is -0.478 e. The van der Waals surface area contributed by atoms with Crippen LogP contribution in [0.5, 0.6) is 0 Å². The molecular formula is C16H23NO3S. The Kier molecular flexibility index (Phi) is 5.94. The molecule has 1 atom stereocenters. The molecule has 1 fully saturated rings. The zero-order valence-corrected chi connectivity index (χ0v) is 13.5. The Bertz CT molecular complexity index is 486. The topological polar surface area (TPSA) is 49.8 Å². The van der Waals surface area contributed by atoms with Crippen LogP contribution in [0.25, 0.3) is 0 Å². The van der Waals surface area contributed by atoms with Crippen molar-refractivity contribution >= 4 is 23.4 Å². The van der Waals surface area contributed by atoms with Gasteiger partial charge in [0.15, 0.2) is 0 Å². The van der Waals surface area contributed by atoms with Crippen LogP contribution in [0.2, 0.25) is 0 Å². The van der Waals surface area contributed by atoms with Crippen molar-refractivity contribution in [2.24, 2.45) is 0 Å². The van der Waals surface area contributed by atoms with Crippen LogP contribution in [0.3, 0.4) is 0 Å². The third-order valence-electron chi connectivity index (χ3n) is 3.69. The van der Waals surface area contributed by atoms with E-state index in [4.69, 9.17) is 4.74 Å². The molecule has 0 radical (unpaired) electrons. The molecule has 0 bridgehead atoms. The smallest absolute Gasteiger partial charge is 0.338 e. The van der Waals surface area contributed by atoms with Crippen molar-refractivity contribution in [2.45, 2.75) is 37.7 Å². The Hall–Kier alpha value is -1.20. The molecule has 1 aromatic rings. The van der Waals surface area contributed by atoms with Gasteiger partial charge in [0.05, 0.1) is 17.4 Å². The van der Waals surface area contributed by atoms with E-state index < -0.39 is 5.97 Å². The quantitative estimate of drug-likeness (QED) is 0.781.